The van der Waals surface area contributed by atoms with Crippen molar-refractivity contribution in [2.24, 2.45) is 0 Å². The quantitative estimate of drug-likeness (QED) is 0.464. The Balaban J connectivity index is 1.81. The summed E-state index contributed by atoms with van der Waals surface area (Å²) in [6.07, 6.45) is 4.20. The maximum absolute atomic E-state index is 13.7. The molecule has 3 rings (SSSR count). The normalized spacial score (nSPS) is 16.7. The molecule has 2 aromatic rings. The van der Waals surface area contributed by atoms with Crippen LogP contribution in [-0.2, 0) is 17.5 Å². The average molecular weight is 474 g/mol. The van der Waals surface area contributed by atoms with Crippen molar-refractivity contribution >= 4 is 6.03 Å². The third-order valence-corrected chi connectivity index (χ3v) is 6.46. The number of amides is 2. The first-order chi connectivity index (χ1) is 16.0. The number of hydrogen-bond donors (Lipinski definition) is 3. The van der Waals surface area contributed by atoms with Gasteiger partial charge in [0, 0.05) is 19.2 Å². The number of aliphatic hydroxyl groups is 1. The fourth-order valence-electron chi connectivity index (χ4n) is 4.64. The zero-order chi connectivity index (χ0) is 24.9. The molecule has 34 heavy (non-hydrogen) atoms. The first kappa shape index (κ1) is 26.1. The number of carbonyl (C=O) groups excluding carboxylic acids is 1. The fraction of sp³-hybridized carbons (Fsp3) is 0.519. The maximum atomic E-state index is 13.7. The number of hydrogen-bond acceptors (Lipinski definition) is 3. The van der Waals surface area contributed by atoms with Gasteiger partial charge in [0.15, 0.2) is 0 Å². The van der Waals surface area contributed by atoms with Gasteiger partial charge < -0.3 is 10.0 Å². The van der Waals surface area contributed by atoms with Crippen LogP contribution in [0.5, 0.6) is 0 Å². The number of aliphatic hydroxyl groups excluding tert-OH is 1. The van der Waals surface area contributed by atoms with E-state index < -0.39 is 29.3 Å². The van der Waals surface area contributed by atoms with Gasteiger partial charge in [-0.25, -0.2) is 19.0 Å². The second-order valence-corrected chi connectivity index (χ2v) is 10.5. The Morgan fingerprint density at radius 3 is 2.32 bits per heavy atom. The van der Waals surface area contributed by atoms with Gasteiger partial charge in [-0.3, -0.25) is 5.43 Å². The first-order valence-electron chi connectivity index (χ1n) is 12.0. The Bertz CT molecular complexity index is 962. The Labute approximate surface area is 201 Å². The van der Waals surface area contributed by atoms with Crippen molar-refractivity contribution in [1.29, 1.82) is 0 Å². The molecule has 2 amide bonds. The fourth-order valence-corrected chi connectivity index (χ4v) is 4.64. The van der Waals surface area contributed by atoms with E-state index in [1.54, 1.807) is 6.92 Å². The Hall–Kier alpha value is -2.51. The summed E-state index contributed by atoms with van der Waals surface area (Å²) in [5.74, 6) is -1.41. The molecule has 0 radical (unpaired) electrons. The first-order valence-corrected chi connectivity index (χ1v) is 12.0. The van der Waals surface area contributed by atoms with Gasteiger partial charge >= 0.3 is 6.03 Å². The van der Waals surface area contributed by atoms with Crippen LogP contribution in [0.15, 0.2) is 42.5 Å². The minimum atomic E-state index is -0.795. The van der Waals surface area contributed by atoms with Crippen molar-refractivity contribution in [2.75, 3.05) is 6.54 Å². The van der Waals surface area contributed by atoms with Gasteiger partial charge in [-0.2, -0.15) is 0 Å². The summed E-state index contributed by atoms with van der Waals surface area (Å²) in [7, 11) is 0. The summed E-state index contributed by atoms with van der Waals surface area (Å²) in [4.78, 5) is 14.5. The number of rotatable bonds is 7. The van der Waals surface area contributed by atoms with Gasteiger partial charge in [-0.1, -0.05) is 64.3 Å². The van der Waals surface area contributed by atoms with Crippen LogP contribution in [0.1, 0.15) is 76.5 Å². The van der Waals surface area contributed by atoms with Crippen LogP contribution in [0.4, 0.5) is 13.6 Å². The molecule has 1 aliphatic carbocycles. The monoisotopic (exact) mass is 473 g/mol. The third-order valence-electron chi connectivity index (χ3n) is 6.46. The van der Waals surface area contributed by atoms with Crippen LogP contribution >= 0.6 is 0 Å². The van der Waals surface area contributed by atoms with Crippen molar-refractivity contribution < 1.29 is 18.7 Å². The molecular formula is C27H37F2N3O2. The molecule has 5 nitrogen and oxygen atoms in total. The molecule has 186 valence electrons. The summed E-state index contributed by atoms with van der Waals surface area (Å²) in [6, 6.07) is 11.2. The number of benzene rings is 2. The molecule has 0 heterocycles. The van der Waals surface area contributed by atoms with E-state index >= 15 is 0 Å². The summed E-state index contributed by atoms with van der Waals surface area (Å²) in [5, 5.41) is 9.92. The van der Waals surface area contributed by atoms with Crippen molar-refractivity contribution in [2.45, 2.75) is 83.4 Å². The van der Waals surface area contributed by atoms with E-state index in [1.165, 1.54) is 22.6 Å². The molecule has 1 saturated carbocycles. The van der Waals surface area contributed by atoms with E-state index in [9.17, 15) is 18.7 Å². The minimum absolute atomic E-state index is 0.00338. The summed E-state index contributed by atoms with van der Waals surface area (Å²) >= 11 is 0. The van der Waals surface area contributed by atoms with E-state index in [1.807, 2.05) is 0 Å². The van der Waals surface area contributed by atoms with Crippen molar-refractivity contribution in [1.82, 2.24) is 15.8 Å². The highest BCUT2D eigenvalue weighted by Gasteiger charge is 2.35. The SMILES string of the molecule is CC(O)CN(Cc1cc(F)cc(F)c1)C(=O)NNC1(c2cccc(C(C)(C)C)c2)CCCCC1. The summed E-state index contributed by atoms with van der Waals surface area (Å²) in [5.41, 5.74) is 8.44. The predicted octanol–water partition coefficient (Wildman–Crippen LogP) is 5.52. The average Bonchev–Trinajstić information content (AvgIpc) is 2.76. The molecule has 1 unspecified atom stereocenters. The highest BCUT2D eigenvalue weighted by atomic mass is 19.1. The molecular weight excluding hydrogens is 436 g/mol. The van der Waals surface area contributed by atoms with Crippen LogP contribution in [0.3, 0.4) is 0 Å². The second kappa shape index (κ2) is 10.8. The molecule has 1 aliphatic rings. The molecule has 3 N–H and O–H groups in total. The number of nitrogens with zero attached hydrogens (tertiary/aromatic N) is 1. The lowest BCUT2D eigenvalue weighted by Gasteiger charge is -2.40. The number of carbonyl (C=O) groups is 1. The van der Waals surface area contributed by atoms with Gasteiger partial charge in [-0.05, 0) is 54.0 Å². The molecule has 2 aromatic carbocycles. The minimum Gasteiger partial charge on any atom is -0.392 e. The molecule has 0 spiro atoms. The van der Waals surface area contributed by atoms with Gasteiger partial charge in [-0.15, -0.1) is 0 Å². The lowest BCUT2D eigenvalue weighted by Crippen LogP contribution is -2.56. The summed E-state index contributed by atoms with van der Waals surface area (Å²) < 4.78 is 27.3. The second-order valence-electron chi connectivity index (χ2n) is 10.5. The summed E-state index contributed by atoms with van der Waals surface area (Å²) in [6.45, 7) is 8.10. The number of halogens is 2. The lowest BCUT2D eigenvalue weighted by molar-refractivity contribution is 0.120. The third kappa shape index (κ3) is 6.76. The van der Waals surface area contributed by atoms with Crippen LogP contribution < -0.4 is 10.9 Å². The van der Waals surface area contributed by atoms with E-state index in [0.717, 1.165) is 43.7 Å². The smallest absolute Gasteiger partial charge is 0.332 e. The van der Waals surface area contributed by atoms with Crippen LogP contribution in [-0.4, -0.2) is 28.7 Å². The van der Waals surface area contributed by atoms with E-state index in [-0.39, 0.29) is 18.5 Å². The van der Waals surface area contributed by atoms with Crippen LogP contribution in [0, 0.1) is 11.6 Å². The van der Waals surface area contributed by atoms with Gasteiger partial charge in [0.25, 0.3) is 0 Å². The Morgan fingerprint density at radius 1 is 1.09 bits per heavy atom. The zero-order valence-electron chi connectivity index (χ0n) is 20.6. The molecule has 1 fully saturated rings. The molecule has 1 atom stereocenters. The van der Waals surface area contributed by atoms with Gasteiger partial charge in [0.05, 0.1) is 11.6 Å². The molecule has 0 aromatic heterocycles. The Morgan fingerprint density at radius 2 is 1.74 bits per heavy atom. The van der Waals surface area contributed by atoms with Crippen LogP contribution in [0.2, 0.25) is 0 Å². The predicted molar refractivity (Wildman–Crippen MR) is 130 cm³/mol. The maximum Gasteiger partial charge on any atom is 0.332 e. The molecule has 0 aliphatic heterocycles. The van der Waals surface area contributed by atoms with Gasteiger partial charge in [0.2, 0.25) is 0 Å². The number of hydrazine groups is 1. The van der Waals surface area contributed by atoms with Gasteiger partial charge in [0.1, 0.15) is 11.6 Å². The highest BCUT2D eigenvalue weighted by molar-refractivity contribution is 5.73. The highest BCUT2D eigenvalue weighted by Crippen LogP contribution is 2.38. The van der Waals surface area contributed by atoms with E-state index in [2.05, 4.69) is 55.9 Å². The lowest BCUT2D eigenvalue weighted by atomic mass is 9.75. The topological polar surface area (TPSA) is 64.6 Å². The zero-order valence-corrected chi connectivity index (χ0v) is 20.6. The van der Waals surface area contributed by atoms with E-state index in [4.69, 9.17) is 0 Å². The number of urea groups is 1. The molecule has 7 heteroatoms. The van der Waals surface area contributed by atoms with Crippen molar-refractivity contribution in [3.8, 4) is 0 Å². The standard InChI is InChI=1S/C27H37F2N3O2/c1-19(33)17-32(18-20-13-23(28)16-24(29)14-20)25(34)30-31-27(11-6-5-7-12-27)22-10-8-9-21(15-22)26(2,3)4/h8-10,13-16,19,31,33H,5-7,11-12,17-18H2,1-4H3,(H,30,34). The Kier molecular flexibility index (Phi) is 8.31. The van der Waals surface area contributed by atoms with Crippen LogP contribution in [0.25, 0.3) is 0 Å². The molecule has 0 bridgehead atoms. The van der Waals surface area contributed by atoms with Crippen molar-refractivity contribution in [3.05, 3.63) is 70.8 Å². The van der Waals surface area contributed by atoms with Crippen molar-refractivity contribution in [3.63, 3.8) is 0 Å². The largest absolute Gasteiger partial charge is 0.392 e. The van der Waals surface area contributed by atoms with E-state index in [0.29, 0.717) is 5.56 Å². The number of nitrogens with one attached hydrogen (secondary N) is 2. The molecule has 0 saturated heterocycles.